The summed E-state index contributed by atoms with van der Waals surface area (Å²) in [7, 11) is 0. The maximum absolute atomic E-state index is 12.7. The largest absolute Gasteiger partial charge is 0.491 e. The average Bonchev–Trinajstić information content (AvgIpc) is 2.45. The Bertz CT molecular complexity index is 385. The second-order valence-corrected chi connectivity index (χ2v) is 4.61. The van der Waals surface area contributed by atoms with Gasteiger partial charge in [0.1, 0.15) is 25.1 Å². The molecule has 114 valence electrons. The zero-order valence-electron chi connectivity index (χ0n) is 11.5. The molecule has 6 heteroatoms. The van der Waals surface area contributed by atoms with Crippen LogP contribution in [0.25, 0.3) is 0 Å². The van der Waals surface area contributed by atoms with E-state index in [2.05, 4.69) is 5.32 Å². The molecule has 0 amide bonds. The van der Waals surface area contributed by atoms with E-state index in [-0.39, 0.29) is 13.2 Å². The highest BCUT2D eigenvalue weighted by Gasteiger charge is 2.27. The molecule has 4 nitrogen and oxygen atoms in total. The summed E-state index contributed by atoms with van der Waals surface area (Å²) in [4.78, 5) is 0. The van der Waals surface area contributed by atoms with E-state index in [1.807, 2.05) is 19.1 Å². The summed E-state index contributed by atoms with van der Waals surface area (Å²) in [6, 6.07) is 7.47. The van der Waals surface area contributed by atoms with Crippen molar-refractivity contribution in [3.05, 3.63) is 29.8 Å². The molecule has 0 bridgehead atoms. The highest BCUT2D eigenvalue weighted by molar-refractivity contribution is 5.27. The van der Waals surface area contributed by atoms with Crippen LogP contribution in [-0.4, -0.2) is 48.5 Å². The lowest BCUT2D eigenvalue weighted by molar-refractivity contribution is -0.0493. The highest BCUT2D eigenvalue weighted by Crippen LogP contribution is 2.13. The van der Waals surface area contributed by atoms with Crippen LogP contribution in [0.4, 0.5) is 8.78 Å². The van der Waals surface area contributed by atoms with Gasteiger partial charge in [0.05, 0.1) is 6.54 Å². The fraction of sp³-hybridized carbons (Fsp3) is 0.571. The van der Waals surface area contributed by atoms with Crippen LogP contribution in [0.2, 0.25) is 0 Å². The Morgan fingerprint density at radius 2 is 1.95 bits per heavy atom. The van der Waals surface area contributed by atoms with E-state index in [1.54, 1.807) is 12.1 Å². The Morgan fingerprint density at radius 1 is 1.30 bits per heavy atom. The number of hydrogen-bond acceptors (Lipinski definition) is 4. The van der Waals surface area contributed by atoms with Crippen LogP contribution in [-0.2, 0) is 6.42 Å². The third kappa shape index (κ3) is 6.27. The number of alkyl halides is 2. The van der Waals surface area contributed by atoms with Gasteiger partial charge in [0.15, 0.2) is 0 Å². The third-order valence-corrected chi connectivity index (χ3v) is 2.77. The Labute approximate surface area is 117 Å². The number of hydrogen-bond donors (Lipinski definition) is 3. The molecule has 0 aliphatic rings. The summed E-state index contributed by atoms with van der Waals surface area (Å²) < 4.78 is 30.7. The van der Waals surface area contributed by atoms with E-state index < -0.39 is 25.2 Å². The highest BCUT2D eigenvalue weighted by atomic mass is 19.3. The first-order chi connectivity index (χ1) is 9.46. The number of rotatable bonds is 9. The molecule has 0 aromatic heterocycles. The molecule has 1 rings (SSSR count). The topological polar surface area (TPSA) is 61.7 Å². The van der Waals surface area contributed by atoms with Crippen LogP contribution >= 0.6 is 0 Å². The van der Waals surface area contributed by atoms with Crippen LogP contribution in [0.1, 0.15) is 12.5 Å². The van der Waals surface area contributed by atoms with Crippen molar-refractivity contribution in [2.24, 2.45) is 0 Å². The van der Waals surface area contributed by atoms with Crippen LogP contribution < -0.4 is 10.1 Å². The lowest BCUT2D eigenvalue weighted by Crippen LogP contribution is -2.40. The van der Waals surface area contributed by atoms with E-state index in [0.29, 0.717) is 5.75 Å². The van der Waals surface area contributed by atoms with Crippen molar-refractivity contribution in [1.82, 2.24) is 5.32 Å². The average molecular weight is 289 g/mol. The molecule has 1 aromatic carbocycles. The predicted molar refractivity (Wildman–Crippen MR) is 72.2 cm³/mol. The molecule has 0 heterocycles. The number of halogens is 2. The Kier molecular flexibility index (Phi) is 6.84. The molecule has 0 fully saturated rings. The first-order valence-electron chi connectivity index (χ1n) is 6.56. The minimum atomic E-state index is -3.17. The van der Waals surface area contributed by atoms with E-state index in [0.717, 1.165) is 6.42 Å². The first-order valence-corrected chi connectivity index (χ1v) is 6.56. The van der Waals surface area contributed by atoms with E-state index in [1.165, 1.54) is 5.56 Å². The zero-order valence-corrected chi connectivity index (χ0v) is 11.5. The number of aryl methyl sites for hydroxylation is 1. The van der Waals surface area contributed by atoms with E-state index in [9.17, 15) is 13.9 Å². The zero-order chi connectivity index (χ0) is 15.0. The lowest BCUT2D eigenvalue weighted by Gasteiger charge is -2.17. The molecule has 0 saturated carbocycles. The molecule has 0 spiro atoms. The fourth-order valence-corrected chi connectivity index (χ4v) is 1.55. The van der Waals surface area contributed by atoms with Gasteiger partial charge in [-0.3, -0.25) is 0 Å². The van der Waals surface area contributed by atoms with Crippen molar-refractivity contribution >= 4 is 0 Å². The van der Waals surface area contributed by atoms with Gasteiger partial charge < -0.3 is 20.3 Å². The summed E-state index contributed by atoms with van der Waals surface area (Å²) in [6.07, 6.45) is 0.0432. The molecule has 0 aliphatic heterocycles. The van der Waals surface area contributed by atoms with Crippen LogP contribution in [0.15, 0.2) is 24.3 Å². The van der Waals surface area contributed by atoms with Crippen LogP contribution in [0.5, 0.6) is 5.75 Å². The molecular formula is C14H21F2NO3. The van der Waals surface area contributed by atoms with Gasteiger partial charge in [0, 0.05) is 6.54 Å². The summed E-state index contributed by atoms with van der Waals surface area (Å²) in [5, 5.41) is 20.4. The van der Waals surface area contributed by atoms with Gasteiger partial charge in [0.25, 0.3) is 5.92 Å². The Balaban J connectivity index is 2.23. The minimum Gasteiger partial charge on any atom is -0.491 e. The molecule has 0 radical (unpaired) electrons. The van der Waals surface area contributed by atoms with Gasteiger partial charge in [-0.05, 0) is 24.1 Å². The maximum atomic E-state index is 12.7. The molecule has 1 atom stereocenters. The molecule has 3 N–H and O–H groups in total. The Hall–Kier alpha value is -1.24. The van der Waals surface area contributed by atoms with Gasteiger partial charge in [-0.15, -0.1) is 0 Å². The van der Waals surface area contributed by atoms with Crippen molar-refractivity contribution < 1.29 is 23.7 Å². The van der Waals surface area contributed by atoms with E-state index in [4.69, 9.17) is 9.84 Å². The SMILES string of the molecule is CCc1ccc(OCC(O)CNCC(F)(F)CO)cc1. The monoisotopic (exact) mass is 289 g/mol. The summed E-state index contributed by atoms with van der Waals surface area (Å²) >= 11 is 0. The second kappa shape index (κ2) is 8.14. The standard InChI is InChI=1S/C14H21F2NO3/c1-2-11-3-5-13(6-4-11)20-8-12(19)7-17-9-14(15,16)10-18/h3-6,12,17-19H,2,7-10H2,1H3. The number of aliphatic hydroxyl groups excluding tert-OH is 2. The molecule has 20 heavy (non-hydrogen) atoms. The van der Waals surface area contributed by atoms with Crippen LogP contribution in [0.3, 0.4) is 0 Å². The Morgan fingerprint density at radius 3 is 2.50 bits per heavy atom. The minimum absolute atomic E-state index is 0.0170. The first kappa shape index (κ1) is 16.8. The molecule has 0 saturated heterocycles. The number of ether oxygens (including phenoxy) is 1. The third-order valence-electron chi connectivity index (χ3n) is 2.77. The van der Waals surface area contributed by atoms with Crippen molar-refractivity contribution in [2.45, 2.75) is 25.4 Å². The van der Waals surface area contributed by atoms with Crippen molar-refractivity contribution in [1.29, 1.82) is 0 Å². The lowest BCUT2D eigenvalue weighted by atomic mass is 10.2. The van der Waals surface area contributed by atoms with Crippen molar-refractivity contribution in [3.63, 3.8) is 0 Å². The van der Waals surface area contributed by atoms with Gasteiger partial charge >= 0.3 is 0 Å². The summed E-state index contributed by atoms with van der Waals surface area (Å²) in [5.74, 6) is -2.54. The van der Waals surface area contributed by atoms with Crippen molar-refractivity contribution in [3.8, 4) is 5.75 Å². The molecule has 1 unspecified atom stereocenters. The van der Waals surface area contributed by atoms with Crippen molar-refractivity contribution in [2.75, 3.05) is 26.3 Å². The quantitative estimate of drug-likeness (QED) is 0.639. The number of benzene rings is 1. The van der Waals surface area contributed by atoms with Gasteiger partial charge in [-0.2, -0.15) is 0 Å². The smallest absolute Gasteiger partial charge is 0.282 e. The normalized spacial score (nSPS) is 13.2. The second-order valence-electron chi connectivity index (χ2n) is 4.61. The fourth-order valence-electron chi connectivity index (χ4n) is 1.55. The van der Waals surface area contributed by atoms with Gasteiger partial charge in [0.2, 0.25) is 0 Å². The van der Waals surface area contributed by atoms with Gasteiger partial charge in [-0.1, -0.05) is 19.1 Å². The molecule has 1 aromatic rings. The van der Waals surface area contributed by atoms with E-state index >= 15 is 0 Å². The maximum Gasteiger partial charge on any atom is 0.282 e. The molecular weight excluding hydrogens is 268 g/mol. The van der Waals surface area contributed by atoms with Gasteiger partial charge in [-0.25, -0.2) is 8.78 Å². The predicted octanol–water partition coefficient (Wildman–Crippen LogP) is 1.21. The number of aliphatic hydroxyl groups is 2. The summed E-state index contributed by atoms with van der Waals surface area (Å²) in [6.45, 7) is 0.154. The molecule has 0 aliphatic carbocycles. The summed E-state index contributed by atoms with van der Waals surface area (Å²) in [5.41, 5.74) is 1.19. The number of nitrogens with one attached hydrogen (secondary N) is 1. The van der Waals surface area contributed by atoms with Crippen LogP contribution in [0, 0.1) is 0 Å².